The second kappa shape index (κ2) is 5.28. The molecule has 104 valence electrons. The summed E-state index contributed by atoms with van der Waals surface area (Å²) in [6.45, 7) is 0.544. The van der Waals surface area contributed by atoms with Gasteiger partial charge in [0.25, 0.3) is 0 Å². The lowest BCUT2D eigenvalue weighted by Crippen LogP contribution is -2.28. The second-order valence-corrected chi connectivity index (χ2v) is 5.83. The molecule has 0 radical (unpaired) electrons. The molecule has 6 heteroatoms. The number of para-hydroxylation sites is 1. The predicted molar refractivity (Wildman–Crippen MR) is 76.2 cm³/mol. The van der Waals surface area contributed by atoms with E-state index in [0.717, 1.165) is 5.16 Å². The smallest absolute Gasteiger partial charge is 0.240 e. The molecule has 0 N–H and O–H groups in total. The van der Waals surface area contributed by atoms with Gasteiger partial charge in [0.1, 0.15) is 5.82 Å². The van der Waals surface area contributed by atoms with E-state index < -0.39 is 0 Å². The van der Waals surface area contributed by atoms with Gasteiger partial charge in [0.15, 0.2) is 5.16 Å². The maximum atomic E-state index is 13.8. The first-order valence-electron chi connectivity index (χ1n) is 6.36. The average Bonchev–Trinajstić information content (AvgIpc) is 2.99. The van der Waals surface area contributed by atoms with Gasteiger partial charge < -0.3 is 9.47 Å². The summed E-state index contributed by atoms with van der Waals surface area (Å²) in [5.74, 6) is -0.411. The summed E-state index contributed by atoms with van der Waals surface area (Å²) in [6, 6.07) is 6.38. The highest BCUT2D eigenvalue weighted by molar-refractivity contribution is 8.00. The topological polar surface area (TPSA) is 38.1 Å². The van der Waals surface area contributed by atoms with E-state index in [0.29, 0.717) is 18.7 Å². The highest BCUT2D eigenvalue weighted by Gasteiger charge is 2.35. The average molecular weight is 291 g/mol. The molecule has 4 nitrogen and oxygen atoms in total. The van der Waals surface area contributed by atoms with Crippen molar-refractivity contribution in [2.45, 2.75) is 16.8 Å². The van der Waals surface area contributed by atoms with Crippen LogP contribution in [0.3, 0.4) is 0 Å². The number of hydrogen-bond donors (Lipinski definition) is 0. The summed E-state index contributed by atoms with van der Waals surface area (Å²) in [4.78, 5) is 18.1. The van der Waals surface area contributed by atoms with Gasteiger partial charge >= 0.3 is 0 Å². The standard InChI is InChI=1S/C14H14FN3OS/c1-17-9-7-16-14(17)20-12-6-8-18(13(12)19)11-5-3-2-4-10(11)15/h2-5,7,9,12H,6,8H2,1H3/t12-/m0/s1. The van der Waals surface area contributed by atoms with Crippen molar-refractivity contribution in [2.24, 2.45) is 7.05 Å². The van der Waals surface area contributed by atoms with Crippen molar-refractivity contribution in [3.8, 4) is 0 Å². The minimum absolute atomic E-state index is 0.0527. The maximum absolute atomic E-state index is 13.8. The Kier molecular flexibility index (Phi) is 3.48. The molecule has 0 saturated carbocycles. The molecule has 1 aliphatic rings. The first-order valence-corrected chi connectivity index (χ1v) is 7.24. The number of thioether (sulfide) groups is 1. The third kappa shape index (κ3) is 2.31. The van der Waals surface area contributed by atoms with E-state index in [9.17, 15) is 9.18 Å². The van der Waals surface area contributed by atoms with Crippen LogP contribution in [-0.4, -0.2) is 27.3 Å². The number of anilines is 1. The number of aryl methyl sites for hydroxylation is 1. The van der Waals surface area contributed by atoms with E-state index in [-0.39, 0.29) is 17.0 Å². The molecule has 1 saturated heterocycles. The van der Waals surface area contributed by atoms with Crippen molar-refractivity contribution in [3.05, 3.63) is 42.5 Å². The molecule has 1 amide bonds. The quantitative estimate of drug-likeness (QED) is 0.872. The summed E-state index contributed by atoms with van der Waals surface area (Å²) in [7, 11) is 1.89. The number of imidazole rings is 1. The zero-order valence-electron chi connectivity index (χ0n) is 11.0. The van der Waals surface area contributed by atoms with Crippen LogP contribution in [0.15, 0.2) is 41.8 Å². The van der Waals surface area contributed by atoms with Crippen LogP contribution in [0, 0.1) is 5.82 Å². The molecule has 0 bridgehead atoms. The summed E-state index contributed by atoms with van der Waals surface area (Å²) >= 11 is 1.44. The lowest BCUT2D eigenvalue weighted by Gasteiger charge is -2.17. The van der Waals surface area contributed by atoms with Crippen LogP contribution in [0.25, 0.3) is 0 Å². The Morgan fingerprint density at radius 1 is 1.40 bits per heavy atom. The molecule has 0 unspecified atom stereocenters. The zero-order chi connectivity index (χ0) is 14.1. The maximum Gasteiger partial charge on any atom is 0.240 e. The van der Waals surface area contributed by atoms with Gasteiger partial charge in [-0.05, 0) is 18.6 Å². The van der Waals surface area contributed by atoms with Crippen molar-refractivity contribution >= 4 is 23.4 Å². The normalized spacial score (nSPS) is 18.8. The molecule has 1 aliphatic heterocycles. The van der Waals surface area contributed by atoms with Crippen LogP contribution in [0.5, 0.6) is 0 Å². The molecule has 1 fully saturated rings. The van der Waals surface area contributed by atoms with E-state index in [1.165, 1.54) is 22.7 Å². The molecular formula is C14H14FN3OS. The van der Waals surface area contributed by atoms with Crippen LogP contribution in [-0.2, 0) is 11.8 Å². The molecular weight excluding hydrogens is 277 g/mol. The Labute approximate surface area is 120 Å². The van der Waals surface area contributed by atoms with Gasteiger partial charge in [-0.1, -0.05) is 23.9 Å². The van der Waals surface area contributed by atoms with E-state index >= 15 is 0 Å². The first-order chi connectivity index (χ1) is 9.66. The lowest BCUT2D eigenvalue weighted by molar-refractivity contribution is -0.116. The van der Waals surface area contributed by atoms with Crippen LogP contribution >= 0.6 is 11.8 Å². The highest BCUT2D eigenvalue weighted by Crippen LogP contribution is 2.32. The SMILES string of the molecule is Cn1ccnc1S[C@H]1CCN(c2ccccc2F)C1=O. The van der Waals surface area contributed by atoms with Gasteiger partial charge in [0, 0.05) is 26.0 Å². The Morgan fingerprint density at radius 3 is 2.90 bits per heavy atom. The number of amides is 1. The molecule has 1 atom stereocenters. The molecule has 0 aliphatic carbocycles. The van der Waals surface area contributed by atoms with Crippen molar-refractivity contribution in [3.63, 3.8) is 0 Å². The summed E-state index contributed by atoms with van der Waals surface area (Å²) in [5, 5.41) is 0.606. The molecule has 20 heavy (non-hydrogen) atoms. The van der Waals surface area contributed by atoms with E-state index in [1.54, 1.807) is 24.4 Å². The van der Waals surface area contributed by atoms with Gasteiger partial charge in [0.05, 0.1) is 10.9 Å². The summed E-state index contributed by atoms with van der Waals surface area (Å²) in [6.07, 6.45) is 4.25. The molecule has 3 rings (SSSR count). The Hall–Kier alpha value is -1.82. The van der Waals surface area contributed by atoms with E-state index in [1.807, 2.05) is 17.8 Å². The number of aromatic nitrogens is 2. The lowest BCUT2D eigenvalue weighted by atomic mass is 10.3. The summed E-state index contributed by atoms with van der Waals surface area (Å²) < 4.78 is 15.6. The number of carbonyl (C=O) groups excluding carboxylic acids is 1. The number of halogens is 1. The highest BCUT2D eigenvalue weighted by atomic mass is 32.2. The fourth-order valence-corrected chi connectivity index (χ4v) is 3.32. The number of rotatable bonds is 3. The number of carbonyl (C=O) groups is 1. The first kappa shape index (κ1) is 13.2. The van der Waals surface area contributed by atoms with Crippen LogP contribution in [0.4, 0.5) is 10.1 Å². The van der Waals surface area contributed by atoms with Crippen LogP contribution < -0.4 is 4.90 Å². The number of hydrogen-bond acceptors (Lipinski definition) is 3. The van der Waals surface area contributed by atoms with Gasteiger partial charge in [-0.2, -0.15) is 0 Å². The largest absolute Gasteiger partial charge is 0.329 e. The fraction of sp³-hybridized carbons (Fsp3) is 0.286. The van der Waals surface area contributed by atoms with Crippen LogP contribution in [0.2, 0.25) is 0 Å². The third-order valence-corrected chi connectivity index (χ3v) is 4.65. The third-order valence-electron chi connectivity index (χ3n) is 3.32. The van der Waals surface area contributed by atoms with E-state index in [4.69, 9.17) is 0 Å². The molecule has 1 aromatic heterocycles. The molecule has 1 aromatic carbocycles. The van der Waals surface area contributed by atoms with Crippen molar-refractivity contribution in [1.29, 1.82) is 0 Å². The Balaban J connectivity index is 1.78. The fourth-order valence-electron chi connectivity index (χ4n) is 2.27. The molecule has 2 aromatic rings. The number of nitrogens with zero attached hydrogens (tertiary/aromatic N) is 3. The van der Waals surface area contributed by atoms with Crippen molar-refractivity contribution in [2.75, 3.05) is 11.4 Å². The second-order valence-electron chi connectivity index (χ2n) is 4.66. The number of benzene rings is 1. The van der Waals surface area contributed by atoms with Gasteiger partial charge in [-0.3, -0.25) is 4.79 Å². The van der Waals surface area contributed by atoms with Gasteiger partial charge in [-0.25, -0.2) is 9.37 Å². The zero-order valence-corrected chi connectivity index (χ0v) is 11.8. The Bertz CT molecular complexity index is 643. The van der Waals surface area contributed by atoms with Crippen molar-refractivity contribution in [1.82, 2.24) is 9.55 Å². The van der Waals surface area contributed by atoms with Gasteiger partial charge in [0.2, 0.25) is 5.91 Å². The van der Waals surface area contributed by atoms with Gasteiger partial charge in [-0.15, -0.1) is 0 Å². The minimum atomic E-state index is -0.358. The minimum Gasteiger partial charge on any atom is -0.329 e. The van der Waals surface area contributed by atoms with Crippen LogP contribution in [0.1, 0.15) is 6.42 Å². The molecule has 2 heterocycles. The molecule has 0 spiro atoms. The van der Waals surface area contributed by atoms with Crippen molar-refractivity contribution < 1.29 is 9.18 Å². The monoisotopic (exact) mass is 291 g/mol. The van der Waals surface area contributed by atoms with E-state index in [2.05, 4.69) is 4.98 Å². The Morgan fingerprint density at radius 2 is 2.20 bits per heavy atom. The summed E-state index contributed by atoms with van der Waals surface area (Å²) in [5.41, 5.74) is 0.362. The predicted octanol–water partition coefficient (Wildman–Crippen LogP) is 2.46.